The minimum Gasteiger partial charge on any atom is -0.481 e. The molecule has 3 saturated heterocycles. The molecule has 11 heteroatoms. The first-order chi connectivity index (χ1) is 19.7. The van der Waals surface area contributed by atoms with Crippen molar-refractivity contribution in [3.05, 3.63) is 41.0 Å². The van der Waals surface area contributed by atoms with Crippen molar-refractivity contribution in [3.8, 4) is 5.75 Å². The van der Waals surface area contributed by atoms with Crippen molar-refractivity contribution in [2.45, 2.75) is 19.9 Å². The second-order valence-corrected chi connectivity index (χ2v) is 11.5. The van der Waals surface area contributed by atoms with Crippen LogP contribution < -0.4 is 19.9 Å². The average molecular weight is 566 g/mol. The highest BCUT2D eigenvalue weighted by Gasteiger charge is 2.25. The maximum absolute atomic E-state index is 12.9. The molecule has 1 aromatic carbocycles. The van der Waals surface area contributed by atoms with Crippen LogP contribution in [-0.2, 0) is 16.1 Å². The van der Waals surface area contributed by atoms with E-state index in [1.807, 2.05) is 17.2 Å². The molecule has 0 spiro atoms. The van der Waals surface area contributed by atoms with Crippen LogP contribution in [0, 0.1) is 6.92 Å². The molecule has 3 aliphatic rings. The van der Waals surface area contributed by atoms with E-state index in [0.717, 1.165) is 130 Å². The fourth-order valence-corrected chi connectivity index (χ4v) is 6.66. The number of nitrogens with one attached hydrogen (secondary N) is 1. The molecule has 10 nitrogen and oxygen atoms in total. The minimum absolute atomic E-state index is 0.0368. The summed E-state index contributed by atoms with van der Waals surface area (Å²) in [6, 6.07) is 6.20. The Morgan fingerprint density at radius 1 is 1.07 bits per heavy atom. The largest absolute Gasteiger partial charge is 0.481 e. The molecule has 0 aliphatic carbocycles. The third kappa shape index (κ3) is 6.17. The molecule has 0 saturated carbocycles. The van der Waals surface area contributed by atoms with Gasteiger partial charge in [-0.1, -0.05) is 6.07 Å². The van der Waals surface area contributed by atoms with Gasteiger partial charge in [0.2, 0.25) is 0 Å². The van der Waals surface area contributed by atoms with Crippen LogP contribution in [0.2, 0.25) is 0 Å². The first-order valence-corrected chi connectivity index (χ1v) is 15.3. The van der Waals surface area contributed by atoms with Gasteiger partial charge in [-0.3, -0.25) is 14.7 Å². The van der Waals surface area contributed by atoms with Crippen molar-refractivity contribution in [1.29, 1.82) is 0 Å². The molecule has 214 valence electrons. The normalized spacial score (nSPS) is 19.2. The molecule has 0 atom stereocenters. The van der Waals surface area contributed by atoms with Crippen LogP contribution in [0.5, 0.6) is 5.75 Å². The van der Waals surface area contributed by atoms with Gasteiger partial charge in [0.05, 0.1) is 24.4 Å². The number of fused-ring (bicyclic) bond motifs is 1. The van der Waals surface area contributed by atoms with Crippen LogP contribution >= 0.6 is 11.3 Å². The summed E-state index contributed by atoms with van der Waals surface area (Å²) in [7, 11) is 0. The number of nitrogens with zero attached hydrogens (tertiary/aromatic N) is 6. The smallest absolute Gasteiger partial charge is 0.260 e. The van der Waals surface area contributed by atoms with Gasteiger partial charge in [-0.05, 0) is 31.0 Å². The number of thiazole rings is 1. The van der Waals surface area contributed by atoms with Crippen LogP contribution in [0.3, 0.4) is 0 Å². The van der Waals surface area contributed by atoms with Crippen molar-refractivity contribution in [3.63, 3.8) is 0 Å². The molecule has 40 heavy (non-hydrogen) atoms. The maximum Gasteiger partial charge on any atom is 0.260 e. The van der Waals surface area contributed by atoms with Crippen molar-refractivity contribution in [1.82, 2.24) is 25.1 Å². The molecule has 3 aliphatic heterocycles. The van der Waals surface area contributed by atoms with Gasteiger partial charge < -0.3 is 29.5 Å². The third-order valence-corrected chi connectivity index (χ3v) is 8.88. The van der Waals surface area contributed by atoms with Gasteiger partial charge >= 0.3 is 0 Å². The molecule has 5 heterocycles. The predicted molar refractivity (Wildman–Crippen MR) is 159 cm³/mol. The number of aryl methyl sites for hydroxylation is 1. The molecule has 0 bridgehead atoms. The topological polar surface area (TPSA) is 86.3 Å². The van der Waals surface area contributed by atoms with Gasteiger partial charge in [0.25, 0.3) is 5.91 Å². The SMILES string of the molecule is Cc1cc2cccnc2c(N2CCCN(Cc3csc(N4CCOCC4)n3)CC2)c1OCC(=O)N1CCNCC1. The predicted octanol–water partition coefficient (Wildman–Crippen LogP) is 2.36. The number of ether oxygens (including phenoxy) is 2. The van der Waals surface area contributed by atoms with E-state index in [1.165, 1.54) is 0 Å². The Morgan fingerprint density at radius 2 is 1.93 bits per heavy atom. The zero-order valence-corrected chi connectivity index (χ0v) is 24.1. The highest BCUT2D eigenvalue weighted by atomic mass is 32.1. The standard InChI is InChI=1S/C29H39N7O3S/c1-22-18-23-4-2-5-31-26(23)27(28(22)39-20-25(37)34-10-6-30-7-11-34)35-9-3-8-33(12-13-35)19-24-21-40-29(32-24)36-14-16-38-17-15-36/h2,4-5,18,21,30H,3,6-17,19-20H2,1H3. The van der Waals surface area contributed by atoms with Crippen LogP contribution in [0.1, 0.15) is 17.7 Å². The molecule has 1 amide bonds. The number of pyridine rings is 1. The number of hydrogen-bond acceptors (Lipinski definition) is 10. The van der Waals surface area contributed by atoms with Gasteiger partial charge in [0.1, 0.15) is 11.4 Å². The molecule has 3 fully saturated rings. The fraction of sp³-hybridized carbons (Fsp3) is 0.552. The van der Waals surface area contributed by atoms with Crippen LogP contribution in [0.4, 0.5) is 10.8 Å². The highest BCUT2D eigenvalue weighted by Crippen LogP contribution is 2.39. The van der Waals surface area contributed by atoms with Crippen molar-refractivity contribution < 1.29 is 14.3 Å². The van der Waals surface area contributed by atoms with Crippen molar-refractivity contribution >= 4 is 39.0 Å². The number of morpholine rings is 1. The second kappa shape index (κ2) is 12.7. The molecule has 0 unspecified atom stereocenters. The molecule has 2 aromatic heterocycles. The van der Waals surface area contributed by atoms with Gasteiger partial charge in [-0.2, -0.15) is 0 Å². The van der Waals surface area contributed by atoms with Crippen LogP contribution in [0.25, 0.3) is 10.9 Å². The molecule has 3 aromatic rings. The van der Waals surface area contributed by atoms with E-state index >= 15 is 0 Å². The van der Waals surface area contributed by atoms with Crippen molar-refractivity contribution in [2.24, 2.45) is 0 Å². The lowest BCUT2D eigenvalue weighted by Gasteiger charge is -2.29. The Hall–Kier alpha value is -2.99. The number of carbonyl (C=O) groups excluding carboxylic acids is 1. The molecular formula is C29H39N7O3S. The lowest BCUT2D eigenvalue weighted by molar-refractivity contribution is -0.133. The van der Waals surface area contributed by atoms with Gasteiger partial charge in [-0.15, -0.1) is 11.3 Å². The summed E-state index contributed by atoms with van der Waals surface area (Å²) in [5, 5.41) is 7.70. The Balaban J connectivity index is 1.17. The number of amides is 1. The number of aromatic nitrogens is 2. The maximum atomic E-state index is 12.9. The molecule has 6 rings (SSSR count). The summed E-state index contributed by atoms with van der Waals surface area (Å²) in [4.78, 5) is 31.8. The first-order valence-electron chi connectivity index (χ1n) is 14.4. The summed E-state index contributed by atoms with van der Waals surface area (Å²) in [5.41, 5.74) is 4.11. The number of hydrogen-bond donors (Lipinski definition) is 1. The zero-order valence-electron chi connectivity index (χ0n) is 23.3. The quantitative estimate of drug-likeness (QED) is 0.464. The van der Waals surface area contributed by atoms with E-state index in [1.54, 1.807) is 11.3 Å². The van der Waals surface area contributed by atoms with Gasteiger partial charge in [0.15, 0.2) is 11.7 Å². The Bertz CT molecular complexity index is 1310. The fourth-order valence-electron chi connectivity index (χ4n) is 5.79. The minimum atomic E-state index is 0.0368. The van der Waals surface area contributed by atoms with E-state index in [-0.39, 0.29) is 12.5 Å². The number of anilines is 2. The van der Waals surface area contributed by atoms with E-state index in [2.05, 4.69) is 44.5 Å². The van der Waals surface area contributed by atoms with Crippen molar-refractivity contribution in [2.75, 3.05) is 95.1 Å². The summed E-state index contributed by atoms with van der Waals surface area (Å²) >= 11 is 1.73. The molecule has 1 N–H and O–H groups in total. The van der Waals surface area contributed by atoms with Crippen LogP contribution in [-0.4, -0.2) is 111 Å². The van der Waals surface area contributed by atoms with Gasteiger partial charge in [0, 0.05) is 89.0 Å². The zero-order chi connectivity index (χ0) is 27.3. The summed E-state index contributed by atoms with van der Waals surface area (Å²) < 4.78 is 11.8. The number of piperazine rings is 1. The monoisotopic (exact) mass is 565 g/mol. The van der Waals surface area contributed by atoms with E-state index < -0.39 is 0 Å². The molecule has 0 radical (unpaired) electrons. The van der Waals surface area contributed by atoms with Crippen LogP contribution in [0.15, 0.2) is 29.8 Å². The number of benzene rings is 1. The summed E-state index contributed by atoms with van der Waals surface area (Å²) in [6.07, 6.45) is 2.87. The van der Waals surface area contributed by atoms with E-state index in [0.29, 0.717) is 0 Å². The Labute approximate surface area is 239 Å². The third-order valence-electron chi connectivity index (χ3n) is 7.93. The lowest BCUT2D eigenvalue weighted by atomic mass is 10.1. The summed E-state index contributed by atoms with van der Waals surface area (Å²) in [6.45, 7) is 13.1. The van der Waals surface area contributed by atoms with Gasteiger partial charge in [-0.25, -0.2) is 4.98 Å². The second-order valence-electron chi connectivity index (χ2n) is 10.7. The lowest BCUT2D eigenvalue weighted by Crippen LogP contribution is -2.48. The van der Waals surface area contributed by atoms with E-state index in [9.17, 15) is 4.79 Å². The Morgan fingerprint density at radius 3 is 2.77 bits per heavy atom. The average Bonchev–Trinajstić information content (AvgIpc) is 3.34. The number of carbonyl (C=O) groups is 1. The van der Waals surface area contributed by atoms with E-state index in [4.69, 9.17) is 19.4 Å². The molecular weight excluding hydrogens is 526 g/mol. The Kier molecular flexibility index (Phi) is 8.62. The first kappa shape index (κ1) is 27.2. The highest BCUT2D eigenvalue weighted by molar-refractivity contribution is 7.13. The summed E-state index contributed by atoms with van der Waals surface area (Å²) in [5.74, 6) is 0.813. The number of rotatable bonds is 7.